The smallest absolute Gasteiger partial charge is 0.306 e. The molecule has 0 bridgehead atoms. The fourth-order valence-electron chi connectivity index (χ4n) is 6.56. The third kappa shape index (κ3) is 42.6. The Morgan fingerprint density at radius 1 is 0.426 bits per heavy atom. The zero-order valence-corrected chi connectivity index (χ0v) is 35.7. The Labute approximate surface area is 335 Å². The van der Waals surface area contributed by atoms with E-state index < -0.39 is 6.10 Å². The van der Waals surface area contributed by atoms with E-state index in [1.54, 1.807) is 0 Å². The number of rotatable bonds is 42. The molecule has 0 aromatic carbocycles. The summed E-state index contributed by atoms with van der Waals surface area (Å²) in [6.07, 6.45) is 57.5. The number of aliphatic hydroxyl groups is 1. The first-order valence-corrected chi connectivity index (χ1v) is 23.2. The van der Waals surface area contributed by atoms with Crippen molar-refractivity contribution in [2.24, 2.45) is 0 Å². The monoisotopic (exact) mass is 757 g/mol. The Balaban J connectivity index is 3.55. The zero-order chi connectivity index (χ0) is 39.3. The standard InChI is InChI=1S/C49H88O5/c1-3-5-7-9-11-13-15-17-19-21-22-23-24-25-26-28-30-32-34-36-38-40-42-44-49(52)54-47(45-50)46-53-48(51)43-41-39-37-35-33-31-29-27-20-18-16-14-12-10-8-6-4-2/h15,17-18,20-22,24-25,47,50H,3-14,16,19,23,26-46H2,1-2H3/b17-15-,20-18-,22-21-,25-24-. The first-order valence-electron chi connectivity index (χ1n) is 23.2. The van der Waals surface area contributed by atoms with Crippen molar-refractivity contribution in [1.82, 2.24) is 0 Å². The van der Waals surface area contributed by atoms with Gasteiger partial charge in [0, 0.05) is 12.8 Å². The van der Waals surface area contributed by atoms with Crippen molar-refractivity contribution in [2.45, 2.75) is 238 Å². The van der Waals surface area contributed by atoms with Gasteiger partial charge in [-0.2, -0.15) is 0 Å². The van der Waals surface area contributed by atoms with Gasteiger partial charge in [-0.3, -0.25) is 9.59 Å². The summed E-state index contributed by atoms with van der Waals surface area (Å²) in [5, 5.41) is 9.60. The highest BCUT2D eigenvalue weighted by Gasteiger charge is 2.16. The van der Waals surface area contributed by atoms with Crippen LogP contribution in [-0.4, -0.2) is 36.4 Å². The fourth-order valence-corrected chi connectivity index (χ4v) is 6.56. The summed E-state index contributed by atoms with van der Waals surface area (Å²) in [6.45, 7) is 4.13. The third-order valence-corrected chi connectivity index (χ3v) is 10.1. The molecule has 1 atom stereocenters. The summed E-state index contributed by atoms with van der Waals surface area (Å²) < 4.78 is 10.6. The first-order chi connectivity index (χ1) is 26.6. The van der Waals surface area contributed by atoms with Gasteiger partial charge in [0.2, 0.25) is 0 Å². The molecule has 0 aromatic rings. The molecular formula is C49H88O5. The van der Waals surface area contributed by atoms with Gasteiger partial charge in [0.05, 0.1) is 6.61 Å². The van der Waals surface area contributed by atoms with E-state index in [1.807, 2.05) is 0 Å². The molecule has 54 heavy (non-hydrogen) atoms. The normalized spacial score (nSPS) is 12.6. The number of hydrogen-bond acceptors (Lipinski definition) is 5. The van der Waals surface area contributed by atoms with Gasteiger partial charge in [-0.05, 0) is 77.0 Å². The highest BCUT2D eigenvalue weighted by molar-refractivity contribution is 5.70. The predicted molar refractivity (Wildman–Crippen MR) is 233 cm³/mol. The Kier molecular flexibility index (Phi) is 43.5. The Bertz CT molecular complexity index is 904. The van der Waals surface area contributed by atoms with Crippen LogP contribution in [0.2, 0.25) is 0 Å². The molecule has 0 radical (unpaired) electrons. The minimum Gasteiger partial charge on any atom is -0.462 e. The Hall–Kier alpha value is -2.14. The molecular weight excluding hydrogens is 669 g/mol. The van der Waals surface area contributed by atoms with E-state index in [0.29, 0.717) is 12.8 Å². The van der Waals surface area contributed by atoms with Crippen molar-refractivity contribution in [1.29, 1.82) is 0 Å². The minimum atomic E-state index is -0.778. The van der Waals surface area contributed by atoms with Gasteiger partial charge >= 0.3 is 11.9 Å². The van der Waals surface area contributed by atoms with Crippen molar-refractivity contribution >= 4 is 11.9 Å². The SMILES string of the molecule is CCCCCCC/C=C\C/C=C\C/C=C\CCCCCCCCCCC(=O)OC(CO)COC(=O)CCCCCCCCC/C=C\CCCCCCCC. The van der Waals surface area contributed by atoms with E-state index in [-0.39, 0.29) is 25.2 Å². The number of esters is 2. The van der Waals surface area contributed by atoms with E-state index in [4.69, 9.17) is 9.47 Å². The predicted octanol–water partition coefficient (Wildman–Crippen LogP) is 15.0. The lowest BCUT2D eigenvalue weighted by molar-refractivity contribution is -0.161. The van der Waals surface area contributed by atoms with E-state index >= 15 is 0 Å². The highest BCUT2D eigenvalue weighted by Crippen LogP contribution is 2.14. The zero-order valence-electron chi connectivity index (χ0n) is 35.7. The fraction of sp³-hybridized carbons (Fsp3) is 0.796. The van der Waals surface area contributed by atoms with Crippen LogP contribution in [0.4, 0.5) is 0 Å². The van der Waals surface area contributed by atoms with Crippen LogP contribution in [0.3, 0.4) is 0 Å². The van der Waals surface area contributed by atoms with Crippen LogP contribution in [0.15, 0.2) is 48.6 Å². The summed E-state index contributed by atoms with van der Waals surface area (Å²) in [7, 11) is 0. The van der Waals surface area contributed by atoms with Crippen LogP contribution >= 0.6 is 0 Å². The molecule has 0 rings (SSSR count). The molecule has 0 amide bonds. The Morgan fingerprint density at radius 2 is 0.741 bits per heavy atom. The largest absolute Gasteiger partial charge is 0.462 e. The average Bonchev–Trinajstić information content (AvgIpc) is 3.17. The minimum absolute atomic E-state index is 0.0709. The van der Waals surface area contributed by atoms with Crippen molar-refractivity contribution in [3.8, 4) is 0 Å². The van der Waals surface area contributed by atoms with Crippen molar-refractivity contribution in [3.05, 3.63) is 48.6 Å². The van der Waals surface area contributed by atoms with Crippen LogP contribution in [0.5, 0.6) is 0 Å². The van der Waals surface area contributed by atoms with Crippen molar-refractivity contribution in [2.75, 3.05) is 13.2 Å². The number of aliphatic hydroxyl groups excluding tert-OH is 1. The molecule has 5 heteroatoms. The summed E-state index contributed by atoms with van der Waals surface area (Å²) in [5.74, 6) is -0.600. The maximum absolute atomic E-state index is 12.2. The first kappa shape index (κ1) is 51.9. The lowest BCUT2D eigenvalue weighted by Crippen LogP contribution is -2.28. The van der Waals surface area contributed by atoms with Gasteiger partial charge in [-0.25, -0.2) is 0 Å². The third-order valence-electron chi connectivity index (χ3n) is 10.1. The Morgan fingerprint density at radius 3 is 1.13 bits per heavy atom. The van der Waals surface area contributed by atoms with Gasteiger partial charge in [0.15, 0.2) is 6.10 Å². The molecule has 0 aliphatic carbocycles. The van der Waals surface area contributed by atoms with E-state index in [1.165, 1.54) is 154 Å². The highest BCUT2D eigenvalue weighted by atomic mass is 16.6. The van der Waals surface area contributed by atoms with Gasteiger partial charge < -0.3 is 14.6 Å². The number of unbranched alkanes of at least 4 members (excludes halogenated alkanes) is 26. The van der Waals surface area contributed by atoms with E-state index in [9.17, 15) is 14.7 Å². The van der Waals surface area contributed by atoms with Crippen LogP contribution in [0, 0.1) is 0 Å². The molecule has 0 heterocycles. The number of carbonyl (C=O) groups excluding carboxylic acids is 2. The summed E-state index contributed by atoms with van der Waals surface area (Å²) >= 11 is 0. The second kappa shape index (κ2) is 45.3. The number of allylic oxidation sites excluding steroid dienone is 8. The van der Waals surface area contributed by atoms with Gasteiger partial charge in [-0.15, -0.1) is 0 Å². The molecule has 0 spiro atoms. The second-order valence-electron chi connectivity index (χ2n) is 15.5. The molecule has 1 unspecified atom stereocenters. The maximum Gasteiger partial charge on any atom is 0.306 e. The van der Waals surface area contributed by atoms with Gasteiger partial charge in [0.25, 0.3) is 0 Å². The molecule has 5 nitrogen and oxygen atoms in total. The van der Waals surface area contributed by atoms with Gasteiger partial charge in [-0.1, -0.05) is 191 Å². The topological polar surface area (TPSA) is 72.8 Å². The molecule has 0 aliphatic rings. The van der Waals surface area contributed by atoms with Crippen LogP contribution < -0.4 is 0 Å². The quantitative estimate of drug-likeness (QED) is 0.0381. The molecule has 0 aliphatic heterocycles. The molecule has 0 saturated heterocycles. The van der Waals surface area contributed by atoms with Crippen LogP contribution in [-0.2, 0) is 19.1 Å². The van der Waals surface area contributed by atoms with Crippen LogP contribution in [0.1, 0.15) is 232 Å². The average molecular weight is 757 g/mol. The second-order valence-corrected chi connectivity index (χ2v) is 15.5. The lowest BCUT2D eigenvalue weighted by atomic mass is 10.1. The number of hydrogen-bond donors (Lipinski definition) is 1. The number of ether oxygens (including phenoxy) is 2. The van der Waals surface area contributed by atoms with E-state index in [0.717, 1.165) is 51.4 Å². The van der Waals surface area contributed by atoms with Crippen LogP contribution in [0.25, 0.3) is 0 Å². The summed E-state index contributed by atoms with van der Waals surface area (Å²) in [4.78, 5) is 24.4. The van der Waals surface area contributed by atoms with Crippen molar-refractivity contribution in [3.63, 3.8) is 0 Å². The lowest BCUT2D eigenvalue weighted by Gasteiger charge is -2.15. The molecule has 314 valence electrons. The summed E-state index contributed by atoms with van der Waals surface area (Å²) in [6, 6.07) is 0. The molecule has 0 saturated carbocycles. The van der Waals surface area contributed by atoms with E-state index in [2.05, 4.69) is 62.5 Å². The maximum atomic E-state index is 12.2. The molecule has 0 fully saturated rings. The molecule has 1 N–H and O–H groups in total. The van der Waals surface area contributed by atoms with Crippen molar-refractivity contribution < 1.29 is 24.2 Å². The summed E-state index contributed by atoms with van der Waals surface area (Å²) in [5.41, 5.74) is 0. The van der Waals surface area contributed by atoms with Gasteiger partial charge in [0.1, 0.15) is 6.61 Å². The number of carbonyl (C=O) groups is 2. The molecule has 0 aromatic heterocycles.